The molecular weight excluding hydrogens is 324 g/mol. The molecule has 0 saturated heterocycles. The van der Waals surface area contributed by atoms with Gasteiger partial charge in [0.25, 0.3) is 0 Å². The average molecular weight is 357 g/mol. The number of allylic oxidation sites excluding steroid dienone is 4. The van der Waals surface area contributed by atoms with Crippen LogP contribution in [0.5, 0.6) is 0 Å². The monoisotopic (exact) mass is 356 g/mol. The Hall–Kier alpha value is -2.18. The first-order chi connectivity index (χ1) is 13.2. The first-order valence-corrected chi connectivity index (χ1v) is 10.7. The minimum atomic E-state index is -0.326. The molecule has 1 aromatic rings. The van der Waals surface area contributed by atoms with Gasteiger partial charge < -0.3 is 0 Å². The zero-order valence-corrected chi connectivity index (χ0v) is 16.9. The van der Waals surface area contributed by atoms with Gasteiger partial charge in [0.15, 0.2) is 0 Å². The van der Waals surface area contributed by atoms with Crippen molar-refractivity contribution in [1.29, 1.82) is 0 Å². The standard InChI is InChI=1S/C27H32/c1-4-9-22-11-13-23(14-12-22)15-16-24-17-19-26(20-18-24)27(6-3)21-8-7-10-25(27)5-2/h3,7-8,10,17-23,25H,4-5,9,11-14H2,1-2H3/t22-,23-,25?,27?. The van der Waals surface area contributed by atoms with Crippen molar-refractivity contribution in [2.45, 2.75) is 64.2 Å². The Bertz CT molecular complexity index is 766. The molecule has 0 heterocycles. The van der Waals surface area contributed by atoms with E-state index in [2.05, 4.69) is 80.2 Å². The van der Waals surface area contributed by atoms with Crippen LogP contribution in [0.4, 0.5) is 0 Å². The molecule has 0 aromatic heterocycles. The van der Waals surface area contributed by atoms with Crippen molar-refractivity contribution in [2.24, 2.45) is 17.8 Å². The summed E-state index contributed by atoms with van der Waals surface area (Å²) < 4.78 is 0. The fraction of sp³-hybridized carbons (Fsp3) is 0.481. The van der Waals surface area contributed by atoms with Crippen LogP contribution in [0.3, 0.4) is 0 Å². The Morgan fingerprint density at radius 3 is 2.41 bits per heavy atom. The predicted molar refractivity (Wildman–Crippen MR) is 116 cm³/mol. The quantitative estimate of drug-likeness (QED) is 0.529. The van der Waals surface area contributed by atoms with Gasteiger partial charge >= 0.3 is 0 Å². The Morgan fingerprint density at radius 1 is 1.04 bits per heavy atom. The largest absolute Gasteiger partial charge is 0.119 e. The van der Waals surface area contributed by atoms with Crippen molar-refractivity contribution in [3.05, 3.63) is 59.7 Å². The maximum atomic E-state index is 6.00. The molecule has 0 heteroatoms. The van der Waals surface area contributed by atoms with Crippen LogP contribution >= 0.6 is 0 Å². The van der Waals surface area contributed by atoms with E-state index in [4.69, 9.17) is 6.42 Å². The molecule has 0 amide bonds. The van der Waals surface area contributed by atoms with Crippen molar-refractivity contribution in [3.63, 3.8) is 0 Å². The normalized spacial score (nSPS) is 29.6. The summed E-state index contributed by atoms with van der Waals surface area (Å²) in [5.41, 5.74) is 1.97. The van der Waals surface area contributed by atoms with E-state index >= 15 is 0 Å². The fourth-order valence-corrected chi connectivity index (χ4v) is 4.71. The van der Waals surface area contributed by atoms with Crippen LogP contribution < -0.4 is 0 Å². The lowest BCUT2D eigenvalue weighted by atomic mass is 9.67. The summed E-state index contributed by atoms with van der Waals surface area (Å²) in [5, 5.41) is 0. The minimum Gasteiger partial charge on any atom is -0.119 e. The molecule has 0 spiro atoms. The van der Waals surface area contributed by atoms with Gasteiger partial charge in [0, 0.05) is 17.4 Å². The van der Waals surface area contributed by atoms with Crippen LogP contribution in [0.2, 0.25) is 0 Å². The Balaban J connectivity index is 1.69. The van der Waals surface area contributed by atoms with E-state index < -0.39 is 0 Å². The molecule has 0 nitrogen and oxygen atoms in total. The molecule has 0 radical (unpaired) electrons. The summed E-state index contributed by atoms with van der Waals surface area (Å²) in [5.74, 6) is 11.9. The van der Waals surface area contributed by atoms with Crippen molar-refractivity contribution in [1.82, 2.24) is 0 Å². The maximum absolute atomic E-state index is 6.00. The summed E-state index contributed by atoms with van der Waals surface area (Å²) in [4.78, 5) is 0. The summed E-state index contributed by atoms with van der Waals surface area (Å²) in [6.07, 6.45) is 23.6. The minimum absolute atomic E-state index is 0.326. The molecular formula is C27H32. The number of rotatable bonds is 4. The third-order valence-corrected chi connectivity index (χ3v) is 6.40. The van der Waals surface area contributed by atoms with Crippen LogP contribution in [0.1, 0.15) is 69.9 Å². The lowest BCUT2D eigenvalue weighted by Gasteiger charge is -2.34. The molecule has 3 rings (SSSR count). The van der Waals surface area contributed by atoms with Gasteiger partial charge in [0.05, 0.1) is 5.41 Å². The molecule has 1 saturated carbocycles. The molecule has 0 bridgehead atoms. The van der Waals surface area contributed by atoms with Crippen molar-refractivity contribution >= 4 is 0 Å². The number of terminal acetylenes is 1. The summed E-state index contributed by atoms with van der Waals surface area (Å²) >= 11 is 0. The second-order valence-corrected chi connectivity index (χ2v) is 8.13. The highest BCUT2D eigenvalue weighted by Gasteiger charge is 2.35. The van der Waals surface area contributed by atoms with E-state index in [1.807, 2.05) is 0 Å². The average Bonchev–Trinajstić information content (AvgIpc) is 2.73. The Morgan fingerprint density at radius 2 is 1.78 bits per heavy atom. The first kappa shape index (κ1) is 19.6. The molecule has 2 atom stereocenters. The molecule has 140 valence electrons. The predicted octanol–water partition coefficient (Wildman–Crippen LogP) is 6.67. The highest BCUT2D eigenvalue weighted by atomic mass is 14.4. The Kier molecular flexibility index (Phi) is 6.63. The molecule has 0 aliphatic heterocycles. The smallest absolute Gasteiger partial charge is 0.0805 e. The van der Waals surface area contributed by atoms with Crippen molar-refractivity contribution in [3.8, 4) is 24.2 Å². The van der Waals surface area contributed by atoms with E-state index in [-0.39, 0.29) is 5.41 Å². The second-order valence-electron chi connectivity index (χ2n) is 8.13. The molecule has 1 aromatic carbocycles. The number of hydrogen-bond donors (Lipinski definition) is 0. The topological polar surface area (TPSA) is 0 Å². The van der Waals surface area contributed by atoms with Crippen LogP contribution in [0.25, 0.3) is 0 Å². The first-order valence-electron chi connectivity index (χ1n) is 10.7. The van der Waals surface area contributed by atoms with E-state index in [0.717, 1.165) is 17.9 Å². The molecule has 0 N–H and O–H groups in total. The van der Waals surface area contributed by atoms with Crippen LogP contribution in [0, 0.1) is 41.9 Å². The van der Waals surface area contributed by atoms with Crippen molar-refractivity contribution < 1.29 is 0 Å². The van der Waals surface area contributed by atoms with E-state index in [9.17, 15) is 0 Å². The van der Waals surface area contributed by atoms with E-state index in [1.54, 1.807) is 0 Å². The van der Waals surface area contributed by atoms with Crippen LogP contribution in [-0.2, 0) is 5.41 Å². The van der Waals surface area contributed by atoms with Crippen LogP contribution in [-0.4, -0.2) is 0 Å². The summed E-state index contributed by atoms with van der Waals surface area (Å²) in [6.45, 7) is 4.50. The number of benzene rings is 1. The molecule has 2 aliphatic rings. The molecule has 1 fully saturated rings. The molecule has 27 heavy (non-hydrogen) atoms. The highest BCUT2D eigenvalue weighted by molar-refractivity contribution is 5.48. The van der Waals surface area contributed by atoms with Gasteiger partial charge in [0.2, 0.25) is 0 Å². The van der Waals surface area contributed by atoms with Gasteiger partial charge in [-0.25, -0.2) is 0 Å². The van der Waals surface area contributed by atoms with Gasteiger partial charge in [-0.15, -0.1) is 6.42 Å². The lowest BCUT2D eigenvalue weighted by Crippen LogP contribution is -2.31. The van der Waals surface area contributed by atoms with Gasteiger partial charge in [0.1, 0.15) is 0 Å². The highest BCUT2D eigenvalue weighted by Crippen LogP contribution is 2.38. The zero-order chi connectivity index (χ0) is 19.1. The SMILES string of the molecule is C#CC1(c2ccc(C#C[C@H]3CC[C@H](CCC)CC3)cc2)C=CC=CC1CC. The van der Waals surface area contributed by atoms with Gasteiger partial charge in [-0.1, -0.05) is 80.9 Å². The fourth-order valence-electron chi connectivity index (χ4n) is 4.71. The third kappa shape index (κ3) is 4.39. The van der Waals surface area contributed by atoms with Gasteiger partial charge in [-0.05, 0) is 55.7 Å². The maximum Gasteiger partial charge on any atom is 0.0805 e. The van der Waals surface area contributed by atoms with Gasteiger partial charge in [-0.3, -0.25) is 0 Å². The van der Waals surface area contributed by atoms with Crippen molar-refractivity contribution in [2.75, 3.05) is 0 Å². The Labute approximate surface area is 166 Å². The third-order valence-electron chi connectivity index (χ3n) is 6.40. The van der Waals surface area contributed by atoms with Crippen LogP contribution in [0.15, 0.2) is 48.6 Å². The molecule has 2 aliphatic carbocycles. The summed E-state index contributed by atoms with van der Waals surface area (Å²) in [7, 11) is 0. The van der Waals surface area contributed by atoms with E-state index in [0.29, 0.717) is 11.8 Å². The zero-order valence-electron chi connectivity index (χ0n) is 16.9. The second kappa shape index (κ2) is 9.15. The van der Waals surface area contributed by atoms with E-state index in [1.165, 1.54) is 44.1 Å². The molecule has 2 unspecified atom stereocenters. The summed E-state index contributed by atoms with van der Waals surface area (Å²) in [6, 6.07) is 8.63. The van der Waals surface area contributed by atoms with Gasteiger partial charge in [-0.2, -0.15) is 0 Å². The number of hydrogen-bond acceptors (Lipinski definition) is 0. The lowest BCUT2D eigenvalue weighted by molar-refractivity contribution is 0.300.